The molecule has 2 unspecified atom stereocenters. The van der Waals surface area contributed by atoms with Crippen LogP contribution in [0.2, 0.25) is 0 Å². The number of aromatic amines is 1. The molecule has 0 spiro atoms. The lowest BCUT2D eigenvalue weighted by molar-refractivity contribution is 0.230. The number of nitrogens with zero attached hydrogens (tertiary/aromatic N) is 1. The molecule has 3 heterocycles. The first-order valence-electron chi connectivity index (χ1n) is 8.67. The van der Waals surface area contributed by atoms with Gasteiger partial charge in [0.15, 0.2) is 6.10 Å². The molecule has 2 aromatic rings. The number of rotatable bonds is 4. The summed E-state index contributed by atoms with van der Waals surface area (Å²) in [5.41, 5.74) is 3.46. The Labute approximate surface area is 142 Å². The number of amidine groups is 1. The molecule has 0 radical (unpaired) electrons. The number of aromatic nitrogens is 1. The van der Waals surface area contributed by atoms with Crippen LogP contribution >= 0.6 is 0 Å². The van der Waals surface area contributed by atoms with Crippen molar-refractivity contribution in [3.05, 3.63) is 42.3 Å². The first-order valence-corrected chi connectivity index (χ1v) is 8.67. The van der Waals surface area contributed by atoms with Crippen molar-refractivity contribution in [3.63, 3.8) is 0 Å². The van der Waals surface area contributed by atoms with Crippen LogP contribution < -0.4 is 5.32 Å². The summed E-state index contributed by atoms with van der Waals surface area (Å²) in [6.45, 7) is 1.20. The monoisotopic (exact) mass is 324 g/mol. The highest BCUT2D eigenvalue weighted by Crippen LogP contribution is 2.27. The van der Waals surface area contributed by atoms with Gasteiger partial charge >= 0.3 is 0 Å². The minimum atomic E-state index is -0.182. The molecular weight excluding hydrogens is 300 g/mol. The van der Waals surface area contributed by atoms with Gasteiger partial charge in [-0.3, -0.25) is 5.41 Å². The fourth-order valence-corrected chi connectivity index (χ4v) is 3.72. The van der Waals surface area contributed by atoms with Gasteiger partial charge in [0.2, 0.25) is 0 Å². The summed E-state index contributed by atoms with van der Waals surface area (Å²) >= 11 is 0. The fourth-order valence-electron chi connectivity index (χ4n) is 3.72. The summed E-state index contributed by atoms with van der Waals surface area (Å²) in [6.07, 6.45) is 9.98. The average molecular weight is 324 g/mol. The summed E-state index contributed by atoms with van der Waals surface area (Å²) in [6, 6.07) is 6.88. The van der Waals surface area contributed by atoms with Crippen molar-refractivity contribution in [2.45, 2.75) is 37.8 Å². The van der Waals surface area contributed by atoms with Crippen molar-refractivity contribution in [3.8, 4) is 0 Å². The van der Waals surface area contributed by atoms with E-state index in [9.17, 15) is 0 Å². The second-order valence-corrected chi connectivity index (χ2v) is 6.83. The minimum absolute atomic E-state index is 0.182. The number of H-pyrrole nitrogens is 1. The predicted molar refractivity (Wildman–Crippen MR) is 97.6 cm³/mol. The summed E-state index contributed by atoms with van der Waals surface area (Å²) < 4.78 is 5.40. The number of ether oxygens (including phenoxy) is 1. The first-order chi connectivity index (χ1) is 11.7. The number of benzene rings is 1. The number of fused-ring (bicyclic) bond motifs is 1. The molecule has 1 fully saturated rings. The molecule has 1 aromatic carbocycles. The lowest BCUT2D eigenvalue weighted by Gasteiger charge is -2.19. The summed E-state index contributed by atoms with van der Waals surface area (Å²) in [7, 11) is 2.22. The molecule has 0 aliphatic carbocycles. The van der Waals surface area contributed by atoms with Crippen LogP contribution in [0.4, 0.5) is 5.69 Å². The fraction of sp³-hybridized carbons (Fsp3) is 0.421. The molecule has 126 valence electrons. The van der Waals surface area contributed by atoms with Crippen LogP contribution in [-0.2, 0) is 11.2 Å². The van der Waals surface area contributed by atoms with E-state index in [1.807, 2.05) is 12.1 Å². The molecule has 5 heteroatoms. The molecule has 5 nitrogen and oxygen atoms in total. The number of hydrogen-bond acceptors (Lipinski definition) is 3. The molecule has 1 saturated heterocycles. The predicted octanol–water partition coefficient (Wildman–Crippen LogP) is 3.50. The van der Waals surface area contributed by atoms with Gasteiger partial charge in [-0.05, 0) is 62.7 Å². The Morgan fingerprint density at radius 1 is 1.46 bits per heavy atom. The van der Waals surface area contributed by atoms with Crippen LogP contribution in [-0.4, -0.2) is 41.5 Å². The maximum Gasteiger partial charge on any atom is 0.158 e. The van der Waals surface area contributed by atoms with Crippen LogP contribution in [0.1, 0.15) is 24.8 Å². The Kier molecular flexibility index (Phi) is 4.02. The summed E-state index contributed by atoms with van der Waals surface area (Å²) in [5.74, 6) is 0.409. The van der Waals surface area contributed by atoms with Crippen LogP contribution in [0, 0.1) is 5.41 Å². The largest absolute Gasteiger partial charge is 0.490 e. The quantitative estimate of drug-likeness (QED) is 0.596. The molecule has 4 rings (SSSR count). The normalized spacial score (nSPS) is 23.7. The Hall–Kier alpha value is -2.27. The molecule has 24 heavy (non-hydrogen) atoms. The van der Waals surface area contributed by atoms with Crippen LogP contribution in [0.15, 0.2) is 36.7 Å². The van der Waals surface area contributed by atoms with Gasteiger partial charge in [-0.1, -0.05) is 0 Å². The third-order valence-electron chi connectivity index (χ3n) is 5.18. The van der Waals surface area contributed by atoms with Crippen molar-refractivity contribution in [2.24, 2.45) is 0 Å². The second-order valence-electron chi connectivity index (χ2n) is 6.83. The van der Waals surface area contributed by atoms with Gasteiger partial charge in [0.05, 0.1) is 6.26 Å². The average Bonchev–Trinajstić information content (AvgIpc) is 3.31. The van der Waals surface area contributed by atoms with Gasteiger partial charge in [-0.15, -0.1) is 0 Å². The number of likely N-dealkylation sites (N-methyl/N-ethyl adjacent to an activating group) is 1. The molecule has 0 saturated carbocycles. The van der Waals surface area contributed by atoms with Crippen LogP contribution in [0.5, 0.6) is 0 Å². The van der Waals surface area contributed by atoms with E-state index < -0.39 is 0 Å². The number of anilines is 1. The van der Waals surface area contributed by atoms with Crippen molar-refractivity contribution in [1.29, 1.82) is 5.41 Å². The van der Waals surface area contributed by atoms with Crippen molar-refractivity contribution in [1.82, 2.24) is 9.88 Å². The Morgan fingerprint density at radius 3 is 3.12 bits per heavy atom. The van der Waals surface area contributed by atoms with Crippen LogP contribution in [0.3, 0.4) is 0 Å². The maximum atomic E-state index is 8.16. The minimum Gasteiger partial charge on any atom is -0.490 e. The highest BCUT2D eigenvalue weighted by atomic mass is 16.5. The molecular formula is C19H24N4O. The van der Waals surface area contributed by atoms with Crippen molar-refractivity contribution < 1.29 is 4.74 Å². The molecule has 0 bridgehead atoms. The van der Waals surface area contributed by atoms with Gasteiger partial charge in [0.1, 0.15) is 5.84 Å². The highest BCUT2D eigenvalue weighted by Gasteiger charge is 2.22. The number of likely N-dealkylation sites (tertiary alicyclic amines) is 1. The van der Waals surface area contributed by atoms with Crippen LogP contribution in [0.25, 0.3) is 10.9 Å². The van der Waals surface area contributed by atoms with E-state index >= 15 is 0 Å². The Balaban J connectivity index is 1.53. The van der Waals surface area contributed by atoms with Gasteiger partial charge in [-0.2, -0.15) is 0 Å². The molecule has 2 aliphatic rings. The molecule has 2 aliphatic heterocycles. The van der Waals surface area contributed by atoms with E-state index in [0.717, 1.165) is 24.0 Å². The van der Waals surface area contributed by atoms with Crippen molar-refractivity contribution >= 4 is 22.4 Å². The molecule has 3 N–H and O–H groups in total. The zero-order valence-electron chi connectivity index (χ0n) is 14.0. The van der Waals surface area contributed by atoms with E-state index in [1.54, 1.807) is 6.26 Å². The van der Waals surface area contributed by atoms with Gasteiger partial charge in [0, 0.05) is 35.2 Å². The molecule has 1 aromatic heterocycles. The van der Waals surface area contributed by atoms with Gasteiger partial charge in [0.25, 0.3) is 0 Å². The topological polar surface area (TPSA) is 64.1 Å². The third-order valence-corrected chi connectivity index (χ3v) is 5.18. The van der Waals surface area contributed by atoms with Gasteiger partial charge in [-0.25, -0.2) is 0 Å². The number of hydrogen-bond donors (Lipinski definition) is 3. The standard InChI is InChI=1S/C19H24N4O/c1-23-8-2-4-15(23)10-13-12-21-17-7-6-14(11-16(13)17)22-19(20)18-5-3-9-24-18/h3,6-7,9,11-12,15,18,21H,2,4-5,8,10H2,1H3,(H2,20,22). The van der Waals surface area contributed by atoms with Gasteiger partial charge < -0.3 is 19.9 Å². The molecule has 0 amide bonds. The van der Waals surface area contributed by atoms with E-state index in [2.05, 4.69) is 40.6 Å². The lowest BCUT2D eigenvalue weighted by atomic mass is 10.0. The Bertz CT molecular complexity index is 771. The zero-order chi connectivity index (χ0) is 16.5. The van der Waals surface area contributed by atoms with E-state index in [1.165, 1.54) is 30.3 Å². The van der Waals surface area contributed by atoms with E-state index in [4.69, 9.17) is 10.1 Å². The Morgan fingerprint density at radius 2 is 2.38 bits per heavy atom. The van der Waals surface area contributed by atoms with E-state index in [0.29, 0.717) is 11.9 Å². The lowest BCUT2D eigenvalue weighted by Crippen LogP contribution is -2.26. The maximum absolute atomic E-state index is 8.16. The highest BCUT2D eigenvalue weighted by molar-refractivity contribution is 5.98. The first kappa shape index (κ1) is 15.3. The molecule has 2 atom stereocenters. The van der Waals surface area contributed by atoms with E-state index in [-0.39, 0.29) is 6.10 Å². The second kappa shape index (κ2) is 6.32. The smallest absolute Gasteiger partial charge is 0.158 e. The van der Waals surface area contributed by atoms with Crippen molar-refractivity contribution in [2.75, 3.05) is 18.9 Å². The summed E-state index contributed by atoms with van der Waals surface area (Å²) in [5, 5.41) is 12.6. The number of nitrogens with one attached hydrogen (secondary N) is 3. The third kappa shape index (κ3) is 2.91. The zero-order valence-corrected chi connectivity index (χ0v) is 14.0. The SMILES string of the molecule is CN1CCCC1Cc1c[nH]c2ccc(NC(=N)C3CC=CO3)cc12. The summed E-state index contributed by atoms with van der Waals surface area (Å²) in [4.78, 5) is 5.84.